The number of anilines is 1. The van der Waals surface area contributed by atoms with Crippen molar-refractivity contribution >= 4 is 11.6 Å². The van der Waals surface area contributed by atoms with Crippen LogP contribution in [0.5, 0.6) is 0 Å². The molecule has 0 radical (unpaired) electrons. The first-order valence-corrected chi connectivity index (χ1v) is 6.48. The van der Waals surface area contributed by atoms with Crippen LogP contribution < -0.4 is 10.2 Å². The van der Waals surface area contributed by atoms with E-state index in [1.165, 1.54) is 12.1 Å². The number of benzene rings is 1. The van der Waals surface area contributed by atoms with Gasteiger partial charge in [0.25, 0.3) is 0 Å². The maximum absolute atomic E-state index is 13.2. The number of halogens is 1. The summed E-state index contributed by atoms with van der Waals surface area (Å²) in [5.41, 5.74) is 0.869. The number of hydrogen-bond donors (Lipinski definition) is 1. The average Bonchev–Trinajstić information content (AvgIpc) is 2.85. The molecular weight excluding hydrogens is 247 g/mol. The van der Waals surface area contributed by atoms with E-state index >= 15 is 0 Å². The van der Waals surface area contributed by atoms with E-state index < -0.39 is 0 Å². The van der Waals surface area contributed by atoms with Gasteiger partial charge in [0.15, 0.2) is 0 Å². The van der Waals surface area contributed by atoms with E-state index in [9.17, 15) is 9.18 Å². The molecule has 4 nitrogen and oxygen atoms in total. The Bertz CT molecular complexity index is 439. The van der Waals surface area contributed by atoms with Gasteiger partial charge in [-0.15, -0.1) is 0 Å². The van der Waals surface area contributed by atoms with Crippen molar-refractivity contribution in [1.29, 1.82) is 0 Å². The third-order valence-corrected chi connectivity index (χ3v) is 3.26. The van der Waals surface area contributed by atoms with Gasteiger partial charge in [-0.05, 0) is 24.6 Å². The summed E-state index contributed by atoms with van der Waals surface area (Å²) in [4.78, 5) is 13.7. The molecule has 0 aliphatic carbocycles. The van der Waals surface area contributed by atoms with E-state index in [2.05, 4.69) is 10.2 Å². The van der Waals surface area contributed by atoms with E-state index in [4.69, 9.17) is 4.74 Å². The molecule has 1 N–H and O–H groups in total. The van der Waals surface area contributed by atoms with E-state index in [-0.39, 0.29) is 17.8 Å². The summed E-state index contributed by atoms with van der Waals surface area (Å²) in [7, 11) is 1.58. The minimum absolute atomic E-state index is 0.00735. The smallest absolute Gasteiger partial charge is 0.222 e. The Labute approximate surface area is 112 Å². The molecule has 1 fully saturated rings. The molecule has 1 unspecified atom stereocenters. The molecule has 1 amide bonds. The minimum Gasteiger partial charge on any atom is -0.384 e. The molecule has 5 heteroatoms. The Morgan fingerprint density at radius 1 is 1.58 bits per heavy atom. The van der Waals surface area contributed by atoms with Crippen LogP contribution in [0.2, 0.25) is 0 Å². The van der Waals surface area contributed by atoms with Gasteiger partial charge in [0.1, 0.15) is 5.82 Å². The Kier molecular flexibility index (Phi) is 4.74. The summed E-state index contributed by atoms with van der Waals surface area (Å²) < 4.78 is 18.0. The third-order valence-electron chi connectivity index (χ3n) is 3.26. The Morgan fingerprint density at radius 2 is 2.42 bits per heavy atom. The van der Waals surface area contributed by atoms with E-state index in [0.29, 0.717) is 13.0 Å². The number of hydrogen-bond acceptors (Lipinski definition) is 3. The molecule has 1 aromatic rings. The van der Waals surface area contributed by atoms with Crippen molar-refractivity contribution in [1.82, 2.24) is 5.32 Å². The predicted molar refractivity (Wildman–Crippen MR) is 71.7 cm³/mol. The molecular formula is C14H19FN2O2. The van der Waals surface area contributed by atoms with Gasteiger partial charge in [-0.2, -0.15) is 0 Å². The number of nitrogens with one attached hydrogen (secondary N) is 1. The van der Waals surface area contributed by atoms with Crippen LogP contribution >= 0.6 is 0 Å². The Morgan fingerprint density at radius 3 is 3.16 bits per heavy atom. The second-order valence-electron chi connectivity index (χ2n) is 4.72. The molecule has 104 valence electrons. The van der Waals surface area contributed by atoms with Gasteiger partial charge in [0, 0.05) is 38.3 Å². The first-order chi connectivity index (χ1) is 9.19. The predicted octanol–water partition coefficient (Wildman–Crippen LogP) is 1.56. The van der Waals surface area contributed by atoms with Gasteiger partial charge in [-0.1, -0.05) is 6.07 Å². The molecule has 1 aliphatic rings. The summed E-state index contributed by atoms with van der Waals surface area (Å²) >= 11 is 0. The van der Waals surface area contributed by atoms with E-state index in [1.807, 2.05) is 6.07 Å². The van der Waals surface area contributed by atoms with Crippen molar-refractivity contribution < 1.29 is 13.9 Å². The number of amides is 1. The quantitative estimate of drug-likeness (QED) is 0.879. The van der Waals surface area contributed by atoms with Crippen LogP contribution in [0.3, 0.4) is 0 Å². The first-order valence-electron chi connectivity index (χ1n) is 6.48. The second-order valence-corrected chi connectivity index (χ2v) is 4.72. The molecule has 1 heterocycles. The molecule has 1 aromatic carbocycles. The lowest BCUT2D eigenvalue weighted by Gasteiger charge is -2.19. The average molecular weight is 266 g/mol. The molecule has 2 rings (SSSR count). The van der Waals surface area contributed by atoms with Crippen molar-refractivity contribution in [2.75, 3.05) is 31.7 Å². The molecule has 0 aromatic heterocycles. The van der Waals surface area contributed by atoms with Crippen LogP contribution in [0.4, 0.5) is 10.1 Å². The number of carbonyl (C=O) groups is 1. The maximum atomic E-state index is 13.2. The van der Waals surface area contributed by atoms with Crippen LogP contribution in [0.15, 0.2) is 24.3 Å². The van der Waals surface area contributed by atoms with Crippen molar-refractivity contribution in [2.45, 2.75) is 18.9 Å². The fraction of sp³-hybridized carbons (Fsp3) is 0.500. The van der Waals surface area contributed by atoms with Crippen molar-refractivity contribution in [3.63, 3.8) is 0 Å². The summed E-state index contributed by atoms with van der Waals surface area (Å²) in [5, 5.41) is 2.97. The highest BCUT2D eigenvalue weighted by molar-refractivity contribution is 5.76. The minimum atomic E-state index is -0.231. The lowest BCUT2D eigenvalue weighted by molar-refractivity contribution is -0.122. The molecule has 1 atom stereocenters. The van der Waals surface area contributed by atoms with Gasteiger partial charge in [-0.25, -0.2) is 4.39 Å². The normalized spacial score (nSPS) is 18.6. The molecule has 1 saturated heterocycles. The van der Waals surface area contributed by atoms with Crippen LogP contribution in [0, 0.1) is 5.82 Å². The largest absolute Gasteiger partial charge is 0.384 e. The third kappa shape index (κ3) is 3.92. The lowest BCUT2D eigenvalue weighted by Crippen LogP contribution is -2.37. The van der Waals surface area contributed by atoms with E-state index in [0.717, 1.165) is 25.2 Å². The lowest BCUT2D eigenvalue weighted by atomic mass is 10.2. The Hall–Kier alpha value is -1.62. The van der Waals surface area contributed by atoms with Gasteiger partial charge >= 0.3 is 0 Å². The number of ether oxygens (including phenoxy) is 1. The summed E-state index contributed by atoms with van der Waals surface area (Å²) in [6.07, 6.45) is 1.27. The highest BCUT2D eigenvalue weighted by Gasteiger charge is 2.24. The molecule has 1 aliphatic heterocycles. The summed E-state index contributed by atoms with van der Waals surface area (Å²) in [5.74, 6) is -0.224. The van der Waals surface area contributed by atoms with Crippen molar-refractivity contribution in [2.24, 2.45) is 0 Å². The fourth-order valence-electron chi connectivity index (χ4n) is 2.28. The zero-order chi connectivity index (χ0) is 13.7. The van der Waals surface area contributed by atoms with Gasteiger partial charge in [0.2, 0.25) is 5.91 Å². The second kappa shape index (κ2) is 6.52. The van der Waals surface area contributed by atoms with Gasteiger partial charge < -0.3 is 15.0 Å². The number of nitrogens with zero attached hydrogens (tertiary/aromatic N) is 1. The van der Waals surface area contributed by atoms with Gasteiger partial charge in [-0.3, -0.25) is 4.79 Å². The number of methoxy groups -OCH3 is 1. The topological polar surface area (TPSA) is 41.6 Å². The zero-order valence-electron chi connectivity index (χ0n) is 11.1. The van der Waals surface area contributed by atoms with Crippen LogP contribution in [-0.4, -0.2) is 38.8 Å². The molecule has 0 spiro atoms. The fourth-order valence-corrected chi connectivity index (χ4v) is 2.28. The van der Waals surface area contributed by atoms with Crippen LogP contribution in [0.25, 0.3) is 0 Å². The highest BCUT2D eigenvalue weighted by Crippen LogP contribution is 2.21. The Balaban J connectivity index is 1.84. The van der Waals surface area contributed by atoms with Crippen molar-refractivity contribution in [3.8, 4) is 0 Å². The molecule has 19 heavy (non-hydrogen) atoms. The van der Waals surface area contributed by atoms with Gasteiger partial charge in [0.05, 0.1) is 6.61 Å². The first kappa shape index (κ1) is 13.8. The monoisotopic (exact) mass is 266 g/mol. The number of carbonyl (C=O) groups excluding carboxylic acids is 1. The SMILES string of the molecule is COCCC(=O)NC1CCN(c2cccc(F)c2)C1. The summed E-state index contributed by atoms with van der Waals surface area (Å²) in [6.45, 7) is 1.99. The highest BCUT2D eigenvalue weighted by atomic mass is 19.1. The van der Waals surface area contributed by atoms with Crippen LogP contribution in [0.1, 0.15) is 12.8 Å². The maximum Gasteiger partial charge on any atom is 0.222 e. The molecule has 0 saturated carbocycles. The number of rotatable bonds is 5. The van der Waals surface area contributed by atoms with Crippen LogP contribution in [-0.2, 0) is 9.53 Å². The molecule has 0 bridgehead atoms. The summed E-state index contributed by atoms with van der Waals surface area (Å²) in [6, 6.07) is 6.68. The standard InChI is InChI=1S/C14H19FN2O2/c1-19-8-6-14(18)16-12-5-7-17(10-12)13-4-2-3-11(15)9-13/h2-4,9,12H,5-8,10H2,1H3,(H,16,18). The van der Waals surface area contributed by atoms with E-state index in [1.54, 1.807) is 13.2 Å². The van der Waals surface area contributed by atoms with Crippen molar-refractivity contribution in [3.05, 3.63) is 30.1 Å². The zero-order valence-corrected chi connectivity index (χ0v) is 11.1.